The lowest BCUT2D eigenvalue weighted by atomic mass is 10.2. The lowest BCUT2D eigenvalue weighted by molar-refractivity contribution is 0.518. The zero-order chi connectivity index (χ0) is 16.6. The molecule has 4 nitrogen and oxygen atoms in total. The standard InChI is InChI=1S/C17H18FN3OS/c1-10(2)21-16(22)15-14(7-11(3)19-15)20-17(21)23-9-12-5-4-6-13(18)8-12/h4-8,10,19H,9H2,1-3H3. The highest BCUT2D eigenvalue weighted by atomic mass is 32.2. The number of halogens is 1. The molecule has 0 fully saturated rings. The first-order chi connectivity index (χ1) is 11.0. The summed E-state index contributed by atoms with van der Waals surface area (Å²) in [7, 11) is 0. The molecule has 0 aliphatic carbocycles. The zero-order valence-electron chi connectivity index (χ0n) is 13.3. The van der Waals surface area contributed by atoms with E-state index in [2.05, 4.69) is 9.97 Å². The number of hydrogen-bond donors (Lipinski definition) is 1. The van der Waals surface area contributed by atoms with Crippen LogP contribution in [0.3, 0.4) is 0 Å². The first kappa shape index (κ1) is 15.8. The van der Waals surface area contributed by atoms with Gasteiger partial charge in [-0.2, -0.15) is 0 Å². The Balaban J connectivity index is 2.01. The quantitative estimate of drug-likeness (QED) is 0.580. The second-order valence-corrected chi connectivity index (χ2v) is 6.74. The van der Waals surface area contributed by atoms with E-state index in [0.29, 0.717) is 21.9 Å². The number of aryl methyl sites for hydroxylation is 1. The topological polar surface area (TPSA) is 50.7 Å². The van der Waals surface area contributed by atoms with E-state index >= 15 is 0 Å². The molecule has 120 valence electrons. The maximum atomic E-state index is 13.3. The molecule has 1 aromatic carbocycles. The molecule has 0 atom stereocenters. The summed E-state index contributed by atoms with van der Waals surface area (Å²) in [4.78, 5) is 20.4. The van der Waals surface area contributed by atoms with Crippen LogP contribution in [-0.2, 0) is 5.75 Å². The van der Waals surface area contributed by atoms with Crippen molar-refractivity contribution < 1.29 is 4.39 Å². The largest absolute Gasteiger partial charge is 0.353 e. The number of hydrogen-bond acceptors (Lipinski definition) is 3. The van der Waals surface area contributed by atoms with E-state index < -0.39 is 0 Å². The molecule has 3 aromatic rings. The minimum absolute atomic E-state index is 0.00184. The molecule has 0 spiro atoms. The molecule has 0 saturated carbocycles. The van der Waals surface area contributed by atoms with Gasteiger partial charge in [0, 0.05) is 17.5 Å². The molecule has 0 bridgehead atoms. The van der Waals surface area contributed by atoms with E-state index in [1.54, 1.807) is 10.6 Å². The highest BCUT2D eigenvalue weighted by molar-refractivity contribution is 7.98. The Morgan fingerprint density at radius 3 is 2.83 bits per heavy atom. The van der Waals surface area contributed by atoms with Crippen molar-refractivity contribution in [3.8, 4) is 0 Å². The Morgan fingerprint density at radius 2 is 2.13 bits per heavy atom. The molecule has 23 heavy (non-hydrogen) atoms. The van der Waals surface area contributed by atoms with E-state index in [1.807, 2.05) is 32.9 Å². The van der Waals surface area contributed by atoms with Crippen LogP contribution in [0, 0.1) is 12.7 Å². The van der Waals surface area contributed by atoms with Crippen molar-refractivity contribution in [2.24, 2.45) is 0 Å². The van der Waals surface area contributed by atoms with Gasteiger partial charge in [-0.05, 0) is 44.5 Å². The Kier molecular flexibility index (Phi) is 4.26. The van der Waals surface area contributed by atoms with Crippen LogP contribution in [0.1, 0.15) is 31.1 Å². The first-order valence-electron chi connectivity index (χ1n) is 7.45. The van der Waals surface area contributed by atoms with E-state index in [1.165, 1.54) is 23.9 Å². The molecular weight excluding hydrogens is 313 g/mol. The van der Waals surface area contributed by atoms with E-state index in [9.17, 15) is 9.18 Å². The van der Waals surface area contributed by atoms with E-state index in [4.69, 9.17) is 0 Å². The average molecular weight is 331 g/mol. The fraction of sp³-hybridized carbons (Fsp3) is 0.294. The van der Waals surface area contributed by atoms with Gasteiger partial charge < -0.3 is 4.98 Å². The minimum Gasteiger partial charge on any atom is -0.353 e. The van der Waals surface area contributed by atoms with Crippen molar-refractivity contribution in [1.82, 2.24) is 14.5 Å². The average Bonchev–Trinajstić information content (AvgIpc) is 2.85. The lowest BCUT2D eigenvalue weighted by Gasteiger charge is -2.15. The van der Waals surface area contributed by atoms with Crippen LogP contribution in [0.2, 0.25) is 0 Å². The molecule has 3 rings (SSSR count). The van der Waals surface area contributed by atoms with E-state index in [-0.39, 0.29) is 17.4 Å². The molecule has 0 saturated heterocycles. The first-order valence-corrected chi connectivity index (χ1v) is 8.43. The van der Waals surface area contributed by atoms with Gasteiger partial charge in [-0.3, -0.25) is 9.36 Å². The third-order valence-electron chi connectivity index (χ3n) is 3.56. The summed E-state index contributed by atoms with van der Waals surface area (Å²) in [5, 5.41) is 0.653. The Labute approximate surface area is 137 Å². The molecule has 2 heterocycles. The predicted molar refractivity (Wildman–Crippen MR) is 91.4 cm³/mol. The number of rotatable bonds is 4. The fourth-order valence-corrected chi connectivity index (χ4v) is 3.59. The fourth-order valence-electron chi connectivity index (χ4n) is 2.52. The zero-order valence-corrected chi connectivity index (χ0v) is 14.1. The Bertz CT molecular complexity index is 914. The predicted octanol–water partition coefficient (Wildman–Crippen LogP) is 4.05. The van der Waals surface area contributed by atoms with Crippen LogP contribution in [-0.4, -0.2) is 14.5 Å². The van der Waals surface area contributed by atoms with Gasteiger partial charge >= 0.3 is 0 Å². The van der Waals surface area contributed by atoms with Gasteiger partial charge in [0.1, 0.15) is 11.3 Å². The van der Waals surface area contributed by atoms with Crippen LogP contribution in [0.4, 0.5) is 4.39 Å². The van der Waals surface area contributed by atoms with Gasteiger partial charge in [-0.25, -0.2) is 9.37 Å². The molecule has 0 aliphatic heterocycles. The number of aromatic nitrogens is 3. The van der Waals surface area contributed by atoms with E-state index in [0.717, 1.165) is 11.3 Å². The Morgan fingerprint density at radius 1 is 1.35 bits per heavy atom. The molecule has 1 N–H and O–H groups in total. The number of thioether (sulfide) groups is 1. The third kappa shape index (κ3) is 3.17. The number of aromatic amines is 1. The van der Waals surface area contributed by atoms with Gasteiger partial charge in [0.2, 0.25) is 0 Å². The molecule has 0 aliphatic rings. The van der Waals surface area contributed by atoms with Crippen LogP contribution < -0.4 is 5.56 Å². The van der Waals surface area contributed by atoms with Crippen molar-refractivity contribution in [2.45, 2.75) is 37.7 Å². The van der Waals surface area contributed by atoms with Crippen LogP contribution in [0.25, 0.3) is 11.0 Å². The SMILES string of the molecule is Cc1cc2nc(SCc3cccc(F)c3)n(C(C)C)c(=O)c2[nH]1. The maximum Gasteiger partial charge on any atom is 0.278 e. The number of H-pyrrole nitrogens is 1. The van der Waals surface area contributed by atoms with Gasteiger partial charge in [0.15, 0.2) is 5.16 Å². The van der Waals surface area contributed by atoms with Crippen molar-refractivity contribution in [3.63, 3.8) is 0 Å². The summed E-state index contributed by atoms with van der Waals surface area (Å²) in [6.07, 6.45) is 0. The molecule has 0 radical (unpaired) electrons. The summed E-state index contributed by atoms with van der Waals surface area (Å²) < 4.78 is 15.0. The summed E-state index contributed by atoms with van der Waals surface area (Å²) in [5.41, 5.74) is 2.91. The van der Waals surface area contributed by atoms with Crippen molar-refractivity contribution in [1.29, 1.82) is 0 Å². The van der Waals surface area contributed by atoms with Crippen LogP contribution in [0.5, 0.6) is 0 Å². The smallest absolute Gasteiger partial charge is 0.278 e. The third-order valence-corrected chi connectivity index (χ3v) is 4.58. The minimum atomic E-state index is -0.256. The highest BCUT2D eigenvalue weighted by Crippen LogP contribution is 2.24. The summed E-state index contributed by atoms with van der Waals surface area (Å²) >= 11 is 1.45. The Hall–Kier alpha value is -2.08. The van der Waals surface area contributed by atoms with Gasteiger partial charge in [0.25, 0.3) is 5.56 Å². The molecule has 2 aromatic heterocycles. The molecule has 0 amide bonds. The maximum absolute atomic E-state index is 13.3. The normalized spacial score (nSPS) is 11.5. The molecular formula is C17H18FN3OS. The molecule has 6 heteroatoms. The monoisotopic (exact) mass is 331 g/mol. The van der Waals surface area contributed by atoms with Crippen molar-refractivity contribution >= 4 is 22.8 Å². The second kappa shape index (κ2) is 6.20. The van der Waals surface area contributed by atoms with Crippen molar-refractivity contribution in [3.05, 3.63) is 57.8 Å². The van der Waals surface area contributed by atoms with Gasteiger partial charge in [-0.1, -0.05) is 23.9 Å². The lowest BCUT2D eigenvalue weighted by Crippen LogP contribution is -2.25. The summed E-state index contributed by atoms with van der Waals surface area (Å²) in [6, 6.07) is 8.35. The highest BCUT2D eigenvalue weighted by Gasteiger charge is 2.15. The molecule has 0 unspecified atom stereocenters. The van der Waals surface area contributed by atoms with Crippen molar-refractivity contribution in [2.75, 3.05) is 0 Å². The summed E-state index contributed by atoms with van der Waals surface area (Å²) in [6.45, 7) is 5.81. The van der Waals surface area contributed by atoms with Crippen LogP contribution >= 0.6 is 11.8 Å². The number of nitrogens with zero attached hydrogens (tertiary/aromatic N) is 2. The number of nitrogens with one attached hydrogen (secondary N) is 1. The number of benzene rings is 1. The van der Waals surface area contributed by atoms with Gasteiger partial charge in [0.05, 0.1) is 5.52 Å². The summed E-state index contributed by atoms with van der Waals surface area (Å²) in [5.74, 6) is 0.306. The second-order valence-electron chi connectivity index (χ2n) is 5.79. The van der Waals surface area contributed by atoms with Crippen LogP contribution in [0.15, 0.2) is 40.3 Å². The van der Waals surface area contributed by atoms with Gasteiger partial charge in [-0.15, -0.1) is 0 Å². The number of fused-ring (bicyclic) bond motifs is 1.